The summed E-state index contributed by atoms with van der Waals surface area (Å²) in [6.45, 7) is 9.87. The second kappa shape index (κ2) is 9.71. The molecule has 5 rings (SSSR count). The van der Waals surface area contributed by atoms with Crippen LogP contribution in [0.1, 0.15) is 97.2 Å². The minimum absolute atomic E-state index is 0.0543. The van der Waals surface area contributed by atoms with Crippen molar-refractivity contribution >= 4 is 23.2 Å². The van der Waals surface area contributed by atoms with Gasteiger partial charge in [-0.2, -0.15) is 10.2 Å². The third-order valence-corrected chi connectivity index (χ3v) is 7.32. The molecule has 0 unspecified atom stereocenters. The molecular formula is C26H38N8O2. The molecule has 3 aromatic rings. The maximum Gasteiger partial charge on any atom is 0.410 e. The number of nitrogens with zero attached hydrogens (tertiary/aromatic N) is 7. The molecule has 1 saturated heterocycles. The lowest BCUT2D eigenvalue weighted by Crippen LogP contribution is -2.51. The number of rotatable bonds is 4. The Labute approximate surface area is 212 Å². The fourth-order valence-electron chi connectivity index (χ4n) is 5.70. The Morgan fingerprint density at radius 3 is 2.47 bits per heavy atom. The molecule has 2 fully saturated rings. The van der Waals surface area contributed by atoms with E-state index in [2.05, 4.69) is 34.3 Å². The van der Waals surface area contributed by atoms with Crippen LogP contribution in [0.4, 0.5) is 16.3 Å². The van der Waals surface area contributed by atoms with Crippen LogP contribution in [0.5, 0.6) is 0 Å². The molecule has 1 N–H and O–H groups in total. The molecule has 1 saturated carbocycles. The van der Waals surface area contributed by atoms with E-state index in [1.54, 1.807) is 6.33 Å². The molecule has 0 bridgehead atoms. The Morgan fingerprint density at radius 2 is 1.78 bits per heavy atom. The van der Waals surface area contributed by atoms with E-state index in [1.165, 1.54) is 32.1 Å². The number of hydrogen-bond donors (Lipinski definition) is 1. The van der Waals surface area contributed by atoms with Gasteiger partial charge in [0.2, 0.25) is 0 Å². The Morgan fingerprint density at radius 1 is 1.06 bits per heavy atom. The summed E-state index contributed by atoms with van der Waals surface area (Å²) < 4.78 is 9.47. The van der Waals surface area contributed by atoms with Crippen molar-refractivity contribution in [1.29, 1.82) is 0 Å². The summed E-state index contributed by atoms with van der Waals surface area (Å²) in [4.78, 5) is 24.0. The first-order valence-corrected chi connectivity index (χ1v) is 13.2. The largest absolute Gasteiger partial charge is 0.444 e. The number of ether oxygens (including phenoxy) is 1. The van der Waals surface area contributed by atoms with Gasteiger partial charge in [0.05, 0.1) is 29.8 Å². The van der Waals surface area contributed by atoms with Gasteiger partial charge in [-0.25, -0.2) is 19.3 Å². The molecule has 0 spiro atoms. The van der Waals surface area contributed by atoms with Crippen molar-refractivity contribution in [3.63, 3.8) is 0 Å². The lowest BCUT2D eigenvalue weighted by Gasteiger charge is -2.42. The van der Waals surface area contributed by atoms with Gasteiger partial charge in [0.1, 0.15) is 11.9 Å². The number of hydrogen-bond acceptors (Lipinski definition) is 7. The SMILES string of the molecule is C[C@@H]1C[C@@H](n2cc(Nc3nc(C4CCCCC4)cn4ncnc34)cn2)C[C@H](C)N1C(=O)OC(C)(C)C. The topological polar surface area (TPSA) is 102 Å². The molecule has 10 nitrogen and oxygen atoms in total. The molecule has 2 aliphatic rings. The summed E-state index contributed by atoms with van der Waals surface area (Å²) >= 11 is 0. The number of anilines is 2. The zero-order valence-electron chi connectivity index (χ0n) is 22.0. The summed E-state index contributed by atoms with van der Waals surface area (Å²) in [7, 11) is 0. The van der Waals surface area contributed by atoms with Crippen molar-refractivity contribution in [2.45, 2.75) is 109 Å². The zero-order chi connectivity index (χ0) is 25.4. The fourth-order valence-corrected chi connectivity index (χ4v) is 5.70. The molecule has 1 amide bonds. The van der Waals surface area contributed by atoms with Crippen molar-refractivity contribution in [1.82, 2.24) is 34.3 Å². The number of nitrogens with one attached hydrogen (secondary N) is 1. The number of likely N-dealkylation sites (tertiary alicyclic amines) is 1. The van der Waals surface area contributed by atoms with Gasteiger partial charge in [-0.3, -0.25) is 4.68 Å². The third kappa shape index (κ3) is 5.17. The van der Waals surface area contributed by atoms with Crippen molar-refractivity contribution < 1.29 is 9.53 Å². The van der Waals surface area contributed by atoms with Gasteiger partial charge in [-0.15, -0.1) is 0 Å². The molecule has 0 aromatic carbocycles. The molecular weight excluding hydrogens is 456 g/mol. The average Bonchev–Trinajstić information content (AvgIpc) is 3.47. The van der Waals surface area contributed by atoms with Crippen LogP contribution in [0.2, 0.25) is 0 Å². The Bertz CT molecular complexity index is 1190. The predicted molar refractivity (Wildman–Crippen MR) is 137 cm³/mol. The maximum absolute atomic E-state index is 12.8. The van der Waals surface area contributed by atoms with Crippen molar-refractivity contribution in [3.8, 4) is 0 Å². The number of carbonyl (C=O) groups is 1. The highest BCUT2D eigenvalue weighted by Gasteiger charge is 2.37. The summed E-state index contributed by atoms with van der Waals surface area (Å²) in [6.07, 6.45) is 15.0. The second-order valence-corrected chi connectivity index (χ2v) is 11.4. The van der Waals surface area contributed by atoms with Gasteiger partial charge < -0.3 is 15.0 Å². The van der Waals surface area contributed by atoms with Gasteiger partial charge in [0, 0.05) is 24.2 Å². The van der Waals surface area contributed by atoms with E-state index in [0.717, 1.165) is 24.2 Å². The van der Waals surface area contributed by atoms with Crippen LogP contribution in [0.25, 0.3) is 5.65 Å². The van der Waals surface area contributed by atoms with Crippen LogP contribution < -0.4 is 5.32 Å². The second-order valence-electron chi connectivity index (χ2n) is 11.4. The third-order valence-electron chi connectivity index (χ3n) is 7.32. The van der Waals surface area contributed by atoms with E-state index in [-0.39, 0.29) is 24.2 Å². The van der Waals surface area contributed by atoms with Crippen molar-refractivity contribution in [2.24, 2.45) is 0 Å². The number of piperidine rings is 1. The minimum atomic E-state index is -0.506. The monoisotopic (exact) mass is 494 g/mol. The molecule has 3 atom stereocenters. The van der Waals surface area contributed by atoms with Crippen LogP contribution in [-0.2, 0) is 4.74 Å². The number of fused-ring (bicyclic) bond motifs is 1. The van der Waals surface area contributed by atoms with Crippen molar-refractivity contribution in [2.75, 3.05) is 5.32 Å². The lowest BCUT2D eigenvalue weighted by molar-refractivity contribution is -0.00692. The summed E-state index contributed by atoms with van der Waals surface area (Å²) in [6, 6.07) is 0.302. The number of amides is 1. The molecule has 194 valence electrons. The normalized spacial score (nSPS) is 23.7. The van der Waals surface area contributed by atoms with Crippen LogP contribution in [0.15, 0.2) is 24.9 Å². The first-order valence-electron chi connectivity index (χ1n) is 13.2. The van der Waals surface area contributed by atoms with E-state index in [1.807, 2.05) is 53.5 Å². The van der Waals surface area contributed by atoms with Crippen LogP contribution in [0, 0.1) is 0 Å². The van der Waals surface area contributed by atoms with Gasteiger partial charge in [-0.05, 0) is 60.3 Å². The Balaban J connectivity index is 1.31. The van der Waals surface area contributed by atoms with E-state index in [9.17, 15) is 4.79 Å². The predicted octanol–water partition coefficient (Wildman–Crippen LogP) is 5.46. The van der Waals surface area contributed by atoms with Crippen molar-refractivity contribution in [3.05, 3.63) is 30.6 Å². The lowest BCUT2D eigenvalue weighted by atomic mass is 9.87. The van der Waals surface area contributed by atoms with Crippen LogP contribution >= 0.6 is 0 Å². The van der Waals surface area contributed by atoms with E-state index < -0.39 is 5.60 Å². The molecule has 3 aromatic heterocycles. The average molecular weight is 495 g/mol. The highest BCUT2D eigenvalue weighted by molar-refractivity contribution is 5.69. The summed E-state index contributed by atoms with van der Waals surface area (Å²) in [5, 5.41) is 12.5. The molecule has 0 radical (unpaired) electrons. The fraction of sp³-hybridized carbons (Fsp3) is 0.654. The van der Waals surface area contributed by atoms with Crippen LogP contribution in [0.3, 0.4) is 0 Å². The highest BCUT2D eigenvalue weighted by atomic mass is 16.6. The first kappa shape index (κ1) is 24.5. The van der Waals surface area contributed by atoms with Crippen LogP contribution in [-0.4, -0.2) is 58.0 Å². The number of carbonyl (C=O) groups excluding carboxylic acids is 1. The zero-order valence-corrected chi connectivity index (χ0v) is 22.0. The minimum Gasteiger partial charge on any atom is -0.444 e. The van der Waals surface area contributed by atoms with Gasteiger partial charge >= 0.3 is 6.09 Å². The smallest absolute Gasteiger partial charge is 0.410 e. The van der Waals surface area contributed by atoms with Gasteiger partial charge in [0.25, 0.3) is 0 Å². The molecule has 10 heteroatoms. The quantitative estimate of drug-likeness (QED) is 0.514. The Hall–Kier alpha value is -3.17. The standard InChI is InChI=1S/C26H38N8O2/c1-17-11-21(12-18(2)34(17)25(35)36-26(3,4)5)32-14-20(13-28-32)30-23-24-27-16-29-33(24)15-22(31-23)19-9-7-6-8-10-19/h13-19,21H,6-12H2,1-5H3,(H,30,31)/t17-,18+,21-. The van der Waals surface area contributed by atoms with E-state index in [4.69, 9.17) is 9.72 Å². The van der Waals surface area contributed by atoms with Gasteiger partial charge in [0.15, 0.2) is 11.5 Å². The molecule has 36 heavy (non-hydrogen) atoms. The van der Waals surface area contributed by atoms with Gasteiger partial charge in [-0.1, -0.05) is 19.3 Å². The Kier molecular flexibility index (Phi) is 6.61. The van der Waals surface area contributed by atoms with E-state index in [0.29, 0.717) is 17.4 Å². The molecule has 1 aliphatic carbocycles. The highest BCUT2D eigenvalue weighted by Crippen LogP contribution is 2.34. The van der Waals surface area contributed by atoms with E-state index >= 15 is 0 Å². The molecule has 1 aliphatic heterocycles. The summed E-state index contributed by atoms with van der Waals surface area (Å²) in [5.41, 5.74) is 2.13. The summed E-state index contributed by atoms with van der Waals surface area (Å²) in [5.74, 6) is 1.17. The first-order chi connectivity index (χ1) is 17.2. The molecule has 4 heterocycles. The maximum atomic E-state index is 12.8. The number of aromatic nitrogens is 6.